The summed E-state index contributed by atoms with van der Waals surface area (Å²) in [5, 5.41) is 4.56. The Morgan fingerprint density at radius 2 is 2.25 bits per heavy atom. The molecule has 1 atom stereocenters. The first-order chi connectivity index (χ1) is 11.4. The minimum absolute atomic E-state index is 0.319. The summed E-state index contributed by atoms with van der Waals surface area (Å²) in [6.07, 6.45) is 0.0273. The highest BCUT2D eigenvalue weighted by Gasteiger charge is 2.31. The molecule has 1 saturated heterocycles. The van der Waals surface area contributed by atoms with Crippen LogP contribution in [0, 0.1) is 5.92 Å². The maximum Gasteiger partial charge on any atom is 0.405 e. The second-order valence-corrected chi connectivity index (χ2v) is 5.69. The molecule has 0 radical (unpaired) electrons. The molecule has 0 spiro atoms. The van der Waals surface area contributed by atoms with Crippen molar-refractivity contribution in [1.29, 1.82) is 0 Å². The van der Waals surface area contributed by atoms with Crippen molar-refractivity contribution in [2.24, 2.45) is 5.92 Å². The van der Waals surface area contributed by atoms with E-state index in [0.29, 0.717) is 37.4 Å². The fourth-order valence-corrected chi connectivity index (χ4v) is 2.74. The summed E-state index contributed by atoms with van der Waals surface area (Å²) < 4.78 is 36.6. The van der Waals surface area contributed by atoms with E-state index < -0.39 is 24.5 Å². The van der Waals surface area contributed by atoms with Gasteiger partial charge in [0.1, 0.15) is 18.5 Å². The fourth-order valence-electron chi connectivity index (χ4n) is 2.74. The molecule has 7 nitrogen and oxygen atoms in total. The first-order valence-electron chi connectivity index (χ1n) is 7.56. The van der Waals surface area contributed by atoms with Crippen molar-refractivity contribution in [3.8, 4) is 0 Å². The highest BCUT2D eigenvalue weighted by Crippen LogP contribution is 2.22. The number of piperidine rings is 1. The quantitative estimate of drug-likeness (QED) is 0.787. The van der Waals surface area contributed by atoms with E-state index in [4.69, 9.17) is 0 Å². The SMILES string of the molecule is O=C(NCC(F)(F)F)C1CCCN(Nc2ncnc3[nH]ccc23)C1. The summed E-state index contributed by atoms with van der Waals surface area (Å²) in [6, 6.07) is 1.83. The van der Waals surface area contributed by atoms with Gasteiger partial charge in [-0.05, 0) is 18.9 Å². The van der Waals surface area contributed by atoms with Gasteiger partial charge < -0.3 is 15.7 Å². The molecule has 1 unspecified atom stereocenters. The normalized spacial score (nSPS) is 19.4. The van der Waals surface area contributed by atoms with Crippen molar-refractivity contribution < 1.29 is 18.0 Å². The lowest BCUT2D eigenvalue weighted by Crippen LogP contribution is -2.46. The number of hydrogen-bond acceptors (Lipinski definition) is 5. The number of aromatic amines is 1. The van der Waals surface area contributed by atoms with Crippen LogP contribution in [0.25, 0.3) is 11.0 Å². The van der Waals surface area contributed by atoms with Gasteiger partial charge in [-0.25, -0.2) is 15.0 Å². The molecule has 3 rings (SSSR count). The van der Waals surface area contributed by atoms with Crippen LogP contribution in [-0.4, -0.2) is 51.7 Å². The monoisotopic (exact) mass is 342 g/mol. The molecule has 0 saturated carbocycles. The average Bonchev–Trinajstić information content (AvgIpc) is 3.02. The largest absolute Gasteiger partial charge is 0.405 e. The average molecular weight is 342 g/mol. The number of carbonyl (C=O) groups is 1. The summed E-state index contributed by atoms with van der Waals surface area (Å²) in [4.78, 5) is 23.2. The summed E-state index contributed by atoms with van der Waals surface area (Å²) >= 11 is 0. The number of fused-ring (bicyclic) bond motifs is 1. The standard InChI is InChI=1S/C14H17F3N6O/c15-14(16,17)7-19-13(24)9-2-1-5-23(6-9)22-12-10-3-4-18-11(10)20-8-21-12/h3-4,8-9H,1-2,5-7H2,(H,19,24)(H2,18,20,21,22). The molecule has 0 aliphatic carbocycles. The molecule has 0 aromatic carbocycles. The predicted molar refractivity (Wildman–Crippen MR) is 80.9 cm³/mol. The van der Waals surface area contributed by atoms with Gasteiger partial charge in [0.2, 0.25) is 5.91 Å². The van der Waals surface area contributed by atoms with Crippen LogP contribution >= 0.6 is 0 Å². The number of hydrazine groups is 1. The van der Waals surface area contributed by atoms with E-state index in [2.05, 4.69) is 20.4 Å². The third-order valence-electron chi connectivity index (χ3n) is 3.87. The summed E-state index contributed by atoms with van der Waals surface area (Å²) in [6.45, 7) is -0.301. The molecule has 3 N–H and O–H groups in total. The first kappa shape index (κ1) is 16.5. The molecule has 10 heteroatoms. The maximum absolute atomic E-state index is 12.2. The zero-order valence-corrected chi connectivity index (χ0v) is 12.7. The lowest BCUT2D eigenvalue weighted by molar-refractivity contribution is -0.141. The highest BCUT2D eigenvalue weighted by molar-refractivity contribution is 5.86. The molecule has 2 aromatic heterocycles. The van der Waals surface area contributed by atoms with Crippen molar-refractivity contribution in [1.82, 2.24) is 25.3 Å². The Kier molecular flexibility index (Phi) is 4.56. The number of hydrogen-bond donors (Lipinski definition) is 3. The van der Waals surface area contributed by atoms with Gasteiger partial charge in [-0.15, -0.1) is 0 Å². The van der Waals surface area contributed by atoms with Crippen LogP contribution in [0.1, 0.15) is 12.8 Å². The Hall–Kier alpha value is -2.36. The molecule has 1 aliphatic rings. The van der Waals surface area contributed by atoms with Gasteiger partial charge in [-0.2, -0.15) is 13.2 Å². The molecule has 1 fully saturated rings. The molecule has 1 aliphatic heterocycles. The lowest BCUT2D eigenvalue weighted by atomic mass is 9.98. The van der Waals surface area contributed by atoms with Gasteiger partial charge in [0, 0.05) is 19.3 Å². The Morgan fingerprint density at radius 1 is 1.42 bits per heavy atom. The molecular formula is C14H17F3N6O. The van der Waals surface area contributed by atoms with Gasteiger partial charge in [-0.1, -0.05) is 0 Å². The number of rotatable bonds is 4. The highest BCUT2D eigenvalue weighted by atomic mass is 19.4. The molecule has 2 aromatic rings. The minimum atomic E-state index is -4.40. The van der Waals surface area contributed by atoms with Crippen molar-refractivity contribution >= 4 is 22.8 Å². The predicted octanol–water partition coefficient (Wildman–Crippen LogP) is 1.68. The van der Waals surface area contributed by atoms with Crippen LogP contribution in [-0.2, 0) is 4.79 Å². The zero-order chi connectivity index (χ0) is 17.2. The molecule has 1 amide bonds. The van der Waals surface area contributed by atoms with Gasteiger partial charge >= 0.3 is 6.18 Å². The van der Waals surface area contributed by atoms with E-state index in [0.717, 1.165) is 5.39 Å². The summed E-state index contributed by atoms with van der Waals surface area (Å²) in [5.41, 5.74) is 3.81. The Labute approximate surface area is 135 Å². The number of H-pyrrole nitrogens is 1. The van der Waals surface area contributed by atoms with E-state index in [1.54, 1.807) is 11.2 Å². The van der Waals surface area contributed by atoms with Gasteiger partial charge in [0.05, 0.1) is 11.3 Å². The van der Waals surface area contributed by atoms with Gasteiger partial charge in [0.15, 0.2) is 5.82 Å². The molecular weight excluding hydrogens is 325 g/mol. The van der Waals surface area contributed by atoms with Crippen LogP contribution in [0.15, 0.2) is 18.6 Å². The summed E-state index contributed by atoms with van der Waals surface area (Å²) in [7, 11) is 0. The number of anilines is 1. The number of amides is 1. The van der Waals surface area contributed by atoms with E-state index in [-0.39, 0.29) is 0 Å². The molecule has 3 heterocycles. The fraction of sp³-hybridized carbons (Fsp3) is 0.500. The van der Waals surface area contributed by atoms with Gasteiger partial charge in [-0.3, -0.25) is 4.79 Å². The van der Waals surface area contributed by atoms with Crippen LogP contribution in [0.4, 0.5) is 19.0 Å². The van der Waals surface area contributed by atoms with Crippen LogP contribution in [0.5, 0.6) is 0 Å². The van der Waals surface area contributed by atoms with Crippen LogP contribution in [0.2, 0.25) is 0 Å². The topological polar surface area (TPSA) is 85.9 Å². The summed E-state index contributed by atoms with van der Waals surface area (Å²) in [5.74, 6) is -0.469. The minimum Gasteiger partial charge on any atom is -0.347 e. The maximum atomic E-state index is 12.2. The van der Waals surface area contributed by atoms with Crippen molar-refractivity contribution in [3.63, 3.8) is 0 Å². The molecule has 130 valence electrons. The number of nitrogens with one attached hydrogen (secondary N) is 3. The number of alkyl halides is 3. The third kappa shape index (κ3) is 3.94. The lowest BCUT2D eigenvalue weighted by Gasteiger charge is -2.32. The van der Waals surface area contributed by atoms with Crippen molar-refractivity contribution in [2.45, 2.75) is 19.0 Å². The molecule has 0 bridgehead atoms. The second-order valence-electron chi connectivity index (χ2n) is 5.69. The van der Waals surface area contributed by atoms with Gasteiger partial charge in [0.25, 0.3) is 0 Å². The zero-order valence-electron chi connectivity index (χ0n) is 12.7. The smallest absolute Gasteiger partial charge is 0.347 e. The Bertz CT molecular complexity index is 716. The molecule has 24 heavy (non-hydrogen) atoms. The van der Waals surface area contributed by atoms with E-state index in [1.165, 1.54) is 6.33 Å². The second kappa shape index (κ2) is 6.63. The number of nitrogens with zero attached hydrogens (tertiary/aromatic N) is 3. The van der Waals surface area contributed by atoms with Crippen molar-refractivity contribution in [3.05, 3.63) is 18.6 Å². The Balaban J connectivity index is 1.61. The van der Waals surface area contributed by atoms with E-state index in [9.17, 15) is 18.0 Å². The van der Waals surface area contributed by atoms with E-state index in [1.807, 2.05) is 11.4 Å². The van der Waals surface area contributed by atoms with Crippen LogP contribution in [0.3, 0.4) is 0 Å². The van der Waals surface area contributed by atoms with Crippen LogP contribution < -0.4 is 10.7 Å². The number of halogens is 3. The number of aromatic nitrogens is 3. The Morgan fingerprint density at radius 3 is 3.04 bits per heavy atom. The van der Waals surface area contributed by atoms with Crippen molar-refractivity contribution in [2.75, 3.05) is 25.1 Å². The third-order valence-corrected chi connectivity index (χ3v) is 3.87. The first-order valence-corrected chi connectivity index (χ1v) is 7.56. The van der Waals surface area contributed by atoms with E-state index >= 15 is 0 Å². The number of carbonyl (C=O) groups excluding carboxylic acids is 1.